The van der Waals surface area contributed by atoms with Crippen LogP contribution < -0.4 is 4.31 Å². The molecule has 1 aromatic carbocycles. The number of hydrogen-bond acceptors (Lipinski definition) is 3. The Morgan fingerprint density at radius 2 is 1.90 bits per heavy atom. The molecule has 0 aliphatic heterocycles. The lowest BCUT2D eigenvalue weighted by atomic mass is 10.3. The zero-order valence-corrected chi connectivity index (χ0v) is 13.0. The standard InChI is InChI=1S/C13H12BrFN2O2S/c1-2-17(11-5-7-16-8-6-11)20(18,19)13-4-3-10(15)9-12(13)14/h3-9H,2H2,1H3. The molecule has 2 rings (SSSR count). The summed E-state index contributed by atoms with van der Waals surface area (Å²) in [5, 5.41) is 0. The van der Waals surface area contributed by atoms with Crippen LogP contribution in [0.2, 0.25) is 0 Å². The maximum absolute atomic E-state index is 13.1. The molecule has 2 aromatic rings. The summed E-state index contributed by atoms with van der Waals surface area (Å²) in [5.41, 5.74) is 0.513. The summed E-state index contributed by atoms with van der Waals surface area (Å²) in [7, 11) is -3.76. The SMILES string of the molecule is CCN(c1ccncc1)S(=O)(=O)c1ccc(F)cc1Br. The van der Waals surface area contributed by atoms with Crippen LogP contribution in [0.4, 0.5) is 10.1 Å². The second kappa shape index (κ2) is 5.88. The van der Waals surface area contributed by atoms with Gasteiger partial charge >= 0.3 is 0 Å². The maximum atomic E-state index is 13.1. The third-order valence-electron chi connectivity index (χ3n) is 2.70. The van der Waals surface area contributed by atoms with Crippen molar-refractivity contribution in [3.05, 3.63) is 53.0 Å². The van der Waals surface area contributed by atoms with Crippen LogP contribution in [0.5, 0.6) is 0 Å². The van der Waals surface area contributed by atoms with Gasteiger partial charge in [0.2, 0.25) is 0 Å². The van der Waals surface area contributed by atoms with E-state index in [1.807, 2.05) is 0 Å². The molecular weight excluding hydrogens is 347 g/mol. The van der Waals surface area contributed by atoms with Crippen LogP contribution in [0.3, 0.4) is 0 Å². The van der Waals surface area contributed by atoms with Crippen molar-refractivity contribution in [1.29, 1.82) is 0 Å². The van der Waals surface area contributed by atoms with E-state index in [2.05, 4.69) is 20.9 Å². The van der Waals surface area contributed by atoms with E-state index in [-0.39, 0.29) is 15.9 Å². The third-order valence-corrected chi connectivity index (χ3v) is 5.58. The van der Waals surface area contributed by atoms with Gasteiger partial charge in [-0.25, -0.2) is 12.8 Å². The normalized spacial score (nSPS) is 11.3. The molecule has 0 amide bonds. The Hall–Kier alpha value is -1.47. The van der Waals surface area contributed by atoms with Gasteiger partial charge in [-0.1, -0.05) is 0 Å². The summed E-state index contributed by atoms with van der Waals surface area (Å²) in [4.78, 5) is 3.89. The van der Waals surface area contributed by atoms with E-state index >= 15 is 0 Å². The number of pyridine rings is 1. The van der Waals surface area contributed by atoms with Gasteiger partial charge in [0.15, 0.2) is 0 Å². The highest BCUT2D eigenvalue weighted by molar-refractivity contribution is 9.10. The Balaban J connectivity index is 2.53. The molecule has 7 heteroatoms. The van der Waals surface area contributed by atoms with Gasteiger partial charge in [0, 0.05) is 23.4 Å². The summed E-state index contributed by atoms with van der Waals surface area (Å²) in [6.45, 7) is 1.99. The van der Waals surface area contributed by atoms with E-state index in [0.29, 0.717) is 5.69 Å². The lowest BCUT2D eigenvalue weighted by Crippen LogP contribution is -2.31. The largest absolute Gasteiger partial charge is 0.266 e. The van der Waals surface area contributed by atoms with Gasteiger partial charge in [-0.2, -0.15) is 0 Å². The average molecular weight is 359 g/mol. The Kier molecular flexibility index (Phi) is 4.39. The van der Waals surface area contributed by atoms with E-state index in [9.17, 15) is 12.8 Å². The van der Waals surface area contributed by atoms with Gasteiger partial charge in [0.25, 0.3) is 10.0 Å². The molecular formula is C13H12BrFN2O2S. The number of sulfonamides is 1. The fraction of sp³-hybridized carbons (Fsp3) is 0.154. The molecule has 1 heterocycles. The molecule has 0 aliphatic rings. The van der Waals surface area contributed by atoms with Gasteiger partial charge in [0.05, 0.1) is 5.69 Å². The summed E-state index contributed by atoms with van der Waals surface area (Å²) >= 11 is 3.09. The second-order valence-electron chi connectivity index (χ2n) is 3.95. The van der Waals surface area contributed by atoms with Gasteiger partial charge in [-0.05, 0) is 53.2 Å². The zero-order chi connectivity index (χ0) is 14.8. The molecule has 1 aromatic heterocycles. The number of halogens is 2. The maximum Gasteiger partial charge on any atom is 0.265 e. The first-order valence-corrected chi connectivity index (χ1v) is 8.08. The van der Waals surface area contributed by atoms with Crippen molar-refractivity contribution in [1.82, 2.24) is 4.98 Å². The van der Waals surface area contributed by atoms with Crippen molar-refractivity contribution < 1.29 is 12.8 Å². The van der Waals surface area contributed by atoms with Crippen LogP contribution in [-0.4, -0.2) is 19.9 Å². The molecule has 0 radical (unpaired) electrons. The monoisotopic (exact) mass is 358 g/mol. The lowest BCUT2D eigenvalue weighted by Gasteiger charge is -2.23. The number of rotatable bonds is 4. The van der Waals surface area contributed by atoms with Gasteiger partial charge in [-0.3, -0.25) is 9.29 Å². The predicted octanol–water partition coefficient (Wildman–Crippen LogP) is 3.20. The summed E-state index contributed by atoms with van der Waals surface area (Å²) < 4.78 is 39.8. The quantitative estimate of drug-likeness (QED) is 0.843. The average Bonchev–Trinajstić information content (AvgIpc) is 2.40. The molecule has 20 heavy (non-hydrogen) atoms. The molecule has 0 unspecified atom stereocenters. The summed E-state index contributed by atoms with van der Waals surface area (Å²) in [6.07, 6.45) is 3.04. The Labute approximate surface area is 125 Å². The number of benzene rings is 1. The zero-order valence-electron chi connectivity index (χ0n) is 10.6. The van der Waals surface area contributed by atoms with Crippen LogP contribution in [0.15, 0.2) is 52.1 Å². The first kappa shape index (κ1) is 14.9. The van der Waals surface area contributed by atoms with Gasteiger partial charge in [0.1, 0.15) is 10.7 Å². The second-order valence-corrected chi connectivity index (χ2v) is 6.64. The molecule has 0 bridgehead atoms. The molecule has 0 saturated heterocycles. The van der Waals surface area contributed by atoms with E-state index in [1.54, 1.807) is 19.1 Å². The number of hydrogen-bond donors (Lipinski definition) is 0. The van der Waals surface area contributed by atoms with E-state index < -0.39 is 15.8 Å². The minimum atomic E-state index is -3.76. The number of aromatic nitrogens is 1. The predicted molar refractivity (Wildman–Crippen MR) is 78.5 cm³/mol. The molecule has 0 N–H and O–H groups in total. The highest BCUT2D eigenvalue weighted by Crippen LogP contribution is 2.28. The highest BCUT2D eigenvalue weighted by Gasteiger charge is 2.25. The Morgan fingerprint density at radius 1 is 1.25 bits per heavy atom. The summed E-state index contributed by atoms with van der Waals surface area (Å²) in [5.74, 6) is -0.497. The third kappa shape index (κ3) is 2.83. The van der Waals surface area contributed by atoms with Crippen LogP contribution in [0.25, 0.3) is 0 Å². The molecule has 0 atom stereocenters. The van der Waals surface area contributed by atoms with Crippen LogP contribution in [-0.2, 0) is 10.0 Å². The molecule has 0 spiro atoms. The van der Waals surface area contributed by atoms with Gasteiger partial charge < -0.3 is 0 Å². The molecule has 4 nitrogen and oxygen atoms in total. The van der Waals surface area contributed by atoms with Crippen molar-refractivity contribution in [3.63, 3.8) is 0 Å². The van der Waals surface area contributed by atoms with Crippen molar-refractivity contribution in [2.45, 2.75) is 11.8 Å². The Morgan fingerprint density at radius 3 is 2.45 bits per heavy atom. The topological polar surface area (TPSA) is 50.3 Å². The molecule has 0 fully saturated rings. The molecule has 0 aliphatic carbocycles. The fourth-order valence-electron chi connectivity index (χ4n) is 1.80. The van der Waals surface area contributed by atoms with E-state index in [4.69, 9.17) is 0 Å². The summed E-state index contributed by atoms with van der Waals surface area (Å²) in [6, 6.07) is 6.72. The molecule has 106 valence electrons. The van der Waals surface area contributed by atoms with Crippen molar-refractivity contribution in [3.8, 4) is 0 Å². The van der Waals surface area contributed by atoms with Crippen molar-refractivity contribution in [2.24, 2.45) is 0 Å². The first-order valence-electron chi connectivity index (χ1n) is 5.84. The van der Waals surface area contributed by atoms with Crippen molar-refractivity contribution >= 4 is 31.6 Å². The van der Waals surface area contributed by atoms with Crippen molar-refractivity contribution in [2.75, 3.05) is 10.8 Å². The number of anilines is 1. The molecule has 0 saturated carbocycles. The van der Waals surface area contributed by atoms with E-state index in [0.717, 1.165) is 12.1 Å². The van der Waals surface area contributed by atoms with Gasteiger partial charge in [-0.15, -0.1) is 0 Å². The minimum Gasteiger partial charge on any atom is -0.266 e. The minimum absolute atomic E-state index is 0.0255. The van der Waals surface area contributed by atoms with E-state index in [1.165, 1.54) is 22.8 Å². The van der Waals surface area contributed by atoms with Crippen LogP contribution >= 0.6 is 15.9 Å². The van der Waals surface area contributed by atoms with Crippen LogP contribution in [0.1, 0.15) is 6.92 Å². The van der Waals surface area contributed by atoms with Crippen LogP contribution in [0, 0.1) is 5.82 Å². The number of nitrogens with zero attached hydrogens (tertiary/aromatic N) is 2. The Bertz CT molecular complexity index is 708. The lowest BCUT2D eigenvalue weighted by molar-refractivity contribution is 0.590. The first-order chi connectivity index (χ1) is 9.46. The fourth-order valence-corrected chi connectivity index (χ4v) is 4.29. The smallest absolute Gasteiger partial charge is 0.265 e. The highest BCUT2D eigenvalue weighted by atomic mass is 79.9.